The van der Waals surface area contributed by atoms with Crippen molar-refractivity contribution in [1.29, 1.82) is 0 Å². The Balaban J connectivity index is 1.45. The van der Waals surface area contributed by atoms with Crippen molar-refractivity contribution in [2.24, 2.45) is 0 Å². The molecule has 2 amide bonds. The van der Waals surface area contributed by atoms with Gasteiger partial charge in [-0.1, -0.05) is 0 Å². The Labute approximate surface area is 160 Å². The fourth-order valence-corrected chi connectivity index (χ4v) is 4.45. The second-order valence-corrected chi connectivity index (χ2v) is 8.78. The molecule has 3 rings (SSSR count). The highest BCUT2D eigenvalue weighted by molar-refractivity contribution is 7.89. The van der Waals surface area contributed by atoms with E-state index < -0.39 is 10.0 Å². The van der Waals surface area contributed by atoms with Gasteiger partial charge in [-0.25, -0.2) is 17.9 Å². The molecule has 27 heavy (non-hydrogen) atoms. The zero-order valence-electron chi connectivity index (χ0n) is 15.6. The molecule has 0 radical (unpaired) electrons. The average molecular weight is 398 g/mol. The Morgan fingerprint density at radius 1 is 1.11 bits per heavy atom. The minimum Gasteiger partial charge on any atom is -0.370 e. The van der Waals surface area contributed by atoms with Gasteiger partial charge in [0.15, 0.2) is 0 Å². The van der Waals surface area contributed by atoms with Gasteiger partial charge < -0.3 is 19.9 Å². The summed E-state index contributed by atoms with van der Waals surface area (Å²) in [4.78, 5) is 15.5. The predicted octanol–water partition coefficient (Wildman–Crippen LogP) is -0.102. The number of sulfonamides is 1. The molecule has 0 bridgehead atoms. The number of nitrogens with one attached hydrogen (secondary N) is 3. The number of nitrogens with zero attached hydrogens (tertiary/aromatic N) is 1. The summed E-state index contributed by atoms with van der Waals surface area (Å²) in [6.45, 7) is 6.42. The highest BCUT2D eigenvalue weighted by atomic mass is 32.2. The average Bonchev–Trinajstić information content (AvgIpc) is 3.22. The third-order valence-electron chi connectivity index (χ3n) is 5.01. The smallest absolute Gasteiger partial charge is 0.321 e. The van der Waals surface area contributed by atoms with Crippen LogP contribution in [0, 0.1) is 0 Å². The maximum atomic E-state index is 12.4. The van der Waals surface area contributed by atoms with E-state index in [0.29, 0.717) is 12.2 Å². The molecule has 2 fully saturated rings. The van der Waals surface area contributed by atoms with Crippen LogP contribution in [0.25, 0.3) is 0 Å². The molecular weight excluding hydrogens is 368 g/mol. The lowest BCUT2D eigenvalue weighted by Crippen LogP contribution is -3.14. The molecule has 2 heterocycles. The molecule has 1 aromatic rings. The summed E-state index contributed by atoms with van der Waals surface area (Å²) < 4.78 is 32.8. The summed E-state index contributed by atoms with van der Waals surface area (Å²) in [6.07, 6.45) is 2.85. The zero-order valence-corrected chi connectivity index (χ0v) is 16.4. The Kier molecular flexibility index (Phi) is 7.06. The van der Waals surface area contributed by atoms with Crippen LogP contribution in [0.2, 0.25) is 0 Å². The lowest BCUT2D eigenvalue weighted by Gasteiger charge is -2.23. The Morgan fingerprint density at radius 2 is 1.78 bits per heavy atom. The van der Waals surface area contributed by atoms with Crippen molar-refractivity contribution in [3.05, 3.63) is 24.3 Å². The van der Waals surface area contributed by atoms with E-state index in [-0.39, 0.29) is 10.9 Å². The number of hydrogen-bond donors (Lipinski definition) is 3. The summed E-state index contributed by atoms with van der Waals surface area (Å²) in [5, 5.41) is 2.81. The maximum Gasteiger partial charge on any atom is 0.321 e. The highest BCUT2D eigenvalue weighted by Crippen LogP contribution is 2.16. The number of urea groups is 1. The quantitative estimate of drug-likeness (QED) is 0.560. The van der Waals surface area contributed by atoms with E-state index >= 15 is 0 Å². The lowest BCUT2D eigenvalue weighted by molar-refractivity contribution is -0.908. The molecule has 2 saturated heterocycles. The molecule has 0 aromatic heterocycles. The summed E-state index contributed by atoms with van der Waals surface area (Å²) >= 11 is 0. The predicted molar refractivity (Wildman–Crippen MR) is 102 cm³/mol. The number of benzene rings is 1. The number of quaternary nitrogens is 1. The number of amides is 2. The molecule has 3 N–H and O–H groups in total. The van der Waals surface area contributed by atoms with E-state index in [1.807, 2.05) is 0 Å². The normalized spacial score (nSPS) is 18.6. The minimum absolute atomic E-state index is 0.133. The SMILES string of the molecule is O=C(Nc1ccc(S(=O)(=O)NCCC[NH+]2CCOCC2)cc1)N1CCCC1. The number of carbonyl (C=O) groups is 1. The molecule has 9 heteroatoms. The Morgan fingerprint density at radius 3 is 2.44 bits per heavy atom. The second-order valence-electron chi connectivity index (χ2n) is 7.01. The first-order valence-electron chi connectivity index (χ1n) is 9.61. The van der Waals surface area contributed by atoms with Crippen LogP contribution < -0.4 is 14.9 Å². The van der Waals surface area contributed by atoms with Gasteiger partial charge >= 0.3 is 6.03 Å². The zero-order chi connectivity index (χ0) is 19.1. The molecule has 1 aromatic carbocycles. The van der Waals surface area contributed by atoms with Crippen LogP contribution in [0.1, 0.15) is 19.3 Å². The standard InChI is InChI=1S/C18H28N4O4S/c23-18(22-10-1-2-11-22)20-16-4-6-17(7-5-16)27(24,25)19-8-3-9-21-12-14-26-15-13-21/h4-7,19H,1-3,8-15H2,(H,20,23)/p+1. The van der Waals surface area contributed by atoms with Gasteiger partial charge in [0.05, 0.1) is 24.7 Å². The second kappa shape index (κ2) is 9.50. The summed E-state index contributed by atoms with van der Waals surface area (Å²) in [5.41, 5.74) is 0.599. The molecule has 0 aliphatic carbocycles. The van der Waals surface area contributed by atoms with Gasteiger partial charge in [-0.2, -0.15) is 0 Å². The Bertz CT molecular complexity index is 711. The van der Waals surface area contributed by atoms with Gasteiger partial charge in [0.25, 0.3) is 0 Å². The van der Waals surface area contributed by atoms with Crippen molar-refractivity contribution in [2.45, 2.75) is 24.2 Å². The van der Waals surface area contributed by atoms with E-state index in [4.69, 9.17) is 4.74 Å². The minimum atomic E-state index is -3.53. The largest absolute Gasteiger partial charge is 0.370 e. The number of anilines is 1. The fourth-order valence-electron chi connectivity index (χ4n) is 3.38. The van der Waals surface area contributed by atoms with E-state index in [9.17, 15) is 13.2 Å². The van der Waals surface area contributed by atoms with Gasteiger partial charge in [0, 0.05) is 31.7 Å². The molecule has 8 nitrogen and oxygen atoms in total. The topological polar surface area (TPSA) is 92.2 Å². The molecule has 2 aliphatic heterocycles. The number of rotatable bonds is 7. The molecule has 0 spiro atoms. The van der Waals surface area contributed by atoms with E-state index in [1.54, 1.807) is 17.0 Å². The van der Waals surface area contributed by atoms with Crippen molar-refractivity contribution >= 4 is 21.7 Å². The number of carbonyl (C=O) groups excluding carboxylic acids is 1. The van der Waals surface area contributed by atoms with Crippen molar-refractivity contribution < 1.29 is 22.8 Å². The van der Waals surface area contributed by atoms with E-state index in [2.05, 4.69) is 10.0 Å². The van der Waals surface area contributed by atoms with Gasteiger partial charge in [0.2, 0.25) is 10.0 Å². The van der Waals surface area contributed by atoms with Crippen LogP contribution in [0.15, 0.2) is 29.2 Å². The molecular formula is C18H29N4O4S+. The first-order chi connectivity index (χ1) is 13.0. The van der Waals surface area contributed by atoms with Crippen molar-refractivity contribution in [2.75, 3.05) is 57.8 Å². The first kappa shape index (κ1) is 20.1. The van der Waals surface area contributed by atoms with Crippen LogP contribution in [0.4, 0.5) is 10.5 Å². The third kappa shape index (κ3) is 5.90. The molecule has 150 valence electrons. The van der Waals surface area contributed by atoms with Crippen LogP contribution in [-0.4, -0.2) is 71.8 Å². The van der Waals surface area contributed by atoms with E-state index in [1.165, 1.54) is 17.0 Å². The van der Waals surface area contributed by atoms with Crippen LogP contribution in [0.5, 0.6) is 0 Å². The molecule has 0 atom stereocenters. The van der Waals surface area contributed by atoms with Crippen LogP contribution >= 0.6 is 0 Å². The van der Waals surface area contributed by atoms with E-state index in [0.717, 1.165) is 65.2 Å². The summed E-state index contributed by atoms with van der Waals surface area (Å²) in [6, 6.07) is 6.16. The fraction of sp³-hybridized carbons (Fsp3) is 0.611. The lowest BCUT2D eigenvalue weighted by atomic mass is 10.3. The molecule has 0 unspecified atom stereocenters. The van der Waals surface area contributed by atoms with Crippen LogP contribution in [0.3, 0.4) is 0 Å². The van der Waals surface area contributed by atoms with Crippen molar-refractivity contribution in [3.8, 4) is 0 Å². The maximum absolute atomic E-state index is 12.4. The summed E-state index contributed by atoms with van der Waals surface area (Å²) in [5.74, 6) is 0. The van der Waals surface area contributed by atoms with Gasteiger partial charge in [-0.05, 0) is 37.1 Å². The third-order valence-corrected chi connectivity index (χ3v) is 6.49. The molecule has 0 saturated carbocycles. The molecule has 2 aliphatic rings. The van der Waals surface area contributed by atoms with Crippen molar-refractivity contribution in [3.63, 3.8) is 0 Å². The monoisotopic (exact) mass is 397 g/mol. The number of morpholine rings is 1. The van der Waals surface area contributed by atoms with Crippen molar-refractivity contribution in [1.82, 2.24) is 9.62 Å². The number of likely N-dealkylation sites (tertiary alicyclic amines) is 1. The van der Waals surface area contributed by atoms with Gasteiger partial charge in [-0.15, -0.1) is 0 Å². The first-order valence-corrected chi connectivity index (χ1v) is 11.1. The van der Waals surface area contributed by atoms with Crippen LogP contribution in [-0.2, 0) is 14.8 Å². The van der Waals surface area contributed by atoms with Gasteiger partial charge in [0.1, 0.15) is 13.1 Å². The van der Waals surface area contributed by atoms with Gasteiger partial charge in [-0.3, -0.25) is 0 Å². The Hall–Kier alpha value is -1.68. The number of hydrogen-bond acceptors (Lipinski definition) is 4. The number of ether oxygens (including phenoxy) is 1. The highest BCUT2D eigenvalue weighted by Gasteiger charge is 2.19. The summed E-state index contributed by atoms with van der Waals surface area (Å²) in [7, 11) is -3.53.